The van der Waals surface area contributed by atoms with Gasteiger partial charge < -0.3 is 13.8 Å². The summed E-state index contributed by atoms with van der Waals surface area (Å²) in [5.41, 5.74) is 0. The molecule has 1 heteroatoms. The molecule has 0 aromatic heterocycles. The molecule has 0 bridgehead atoms. The SMILES string of the molecule is [CH2-]CC[CH2-].[Mo+2]. The number of unbranched alkanes of at least 4 members (excludes halogenated alkanes) is 1. The molecule has 0 nitrogen and oxygen atoms in total. The van der Waals surface area contributed by atoms with Gasteiger partial charge in [-0.1, -0.05) is 0 Å². The third kappa shape index (κ3) is 11.9. The van der Waals surface area contributed by atoms with Gasteiger partial charge in [0.05, 0.1) is 0 Å². The zero-order valence-corrected chi connectivity index (χ0v) is 5.24. The van der Waals surface area contributed by atoms with Crippen molar-refractivity contribution in [2.24, 2.45) is 0 Å². The quantitative estimate of drug-likeness (QED) is 0.394. The van der Waals surface area contributed by atoms with Crippen molar-refractivity contribution in [2.45, 2.75) is 12.8 Å². The second-order valence-electron chi connectivity index (χ2n) is 0.707. The first-order chi connectivity index (χ1) is 1.91. The molecule has 0 aromatic carbocycles. The van der Waals surface area contributed by atoms with Gasteiger partial charge in [0.25, 0.3) is 0 Å². The fourth-order valence-electron chi connectivity index (χ4n) is 0. The third-order valence-electron chi connectivity index (χ3n) is 0.250. The van der Waals surface area contributed by atoms with E-state index in [9.17, 15) is 0 Å². The smallest absolute Gasteiger partial charge is 0.346 e. The van der Waals surface area contributed by atoms with Crippen molar-refractivity contribution in [3.8, 4) is 0 Å². The number of hydrogen-bond acceptors (Lipinski definition) is 0. The summed E-state index contributed by atoms with van der Waals surface area (Å²) in [5, 5.41) is 0. The van der Waals surface area contributed by atoms with Crippen molar-refractivity contribution >= 4 is 0 Å². The van der Waals surface area contributed by atoms with Gasteiger partial charge in [-0.15, -0.1) is 0 Å². The minimum Gasteiger partial charge on any atom is -0.346 e. The van der Waals surface area contributed by atoms with Crippen molar-refractivity contribution in [1.29, 1.82) is 0 Å². The number of rotatable bonds is 1. The summed E-state index contributed by atoms with van der Waals surface area (Å²) >= 11 is 0. The molecule has 5 heavy (non-hydrogen) atoms. The Morgan fingerprint density at radius 2 is 1.20 bits per heavy atom. The molecule has 0 unspecified atom stereocenters. The van der Waals surface area contributed by atoms with Crippen LogP contribution in [0.4, 0.5) is 0 Å². The predicted molar refractivity (Wildman–Crippen MR) is 19.9 cm³/mol. The van der Waals surface area contributed by atoms with Gasteiger partial charge in [-0.2, -0.15) is 0 Å². The van der Waals surface area contributed by atoms with E-state index in [4.69, 9.17) is 0 Å². The average Bonchev–Trinajstić information content (AvgIpc) is 1.37. The monoisotopic (exact) mass is 154 g/mol. The molecule has 30 valence electrons. The summed E-state index contributed by atoms with van der Waals surface area (Å²) in [5.74, 6) is 0. The number of hydrogen-bond donors (Lipinski definition) is 0. The molecule has 0 aliphatic heterocycles. The van der Waals surface area contributed by atoms with E-state index < -0.39 is 0 Å². The molecule has 0 amide bonds. The van der Waals surface area contributed by atoms with Crippen LogP contribution in [0.15, 0.2) is 0 Å². The normalized spacial score (nSPS) is 6.00. The minimum atomic E-state index is 0. The molecule has 0 aliphatic carbocycles. The van der Waals surface area contributed by atoms with Crippen LogP contribution in [0.25, 0.3) is 0 Å². The Morgan fingerprint density at radius 3 is 1.20 bits per heavy atom. The van der Waals surface area contributed by atoms with E-state index in [1.165, 1.54) is 0 Å². The Bertz CT molecular complexity index is 5.61. The van der Waals surface area contributed by atoms with Crippen LogP contribution in [0, 0.1) is 13.8 Å². The van der Waals surface area contributed by atoms with Crippen LogP contribution in [0.1, 0.15) is 12.8 Å². The van der Waals surface area contributed by atoms with E-state index in [0.717, 1.165) is 12.8 Å². The fourth-order valence-corrected chi connectivity index (χ4v) is 0. The summed E-state index contributed by atoms with van der Waals surface area (Å²) in [4.78, 5) is 0. The van der Waals surface area contributed by atoms with Crippen molar-refractivity contribution in [1.82, 2.24) is 0 Å². The summed E-state index contributed by atoms with van der Waals surface area (Å²) < 4.78 is 0. The van der Waals surface area contributed by atoms with E-state index in [0.29, 0.717) is 0 Å². The second kappa shape index (κ2) is 8.82. The molecule has 0 atom stereocenters. The third-order valence-corrected chi connectivity index (χ3v) is 0.250. The van der Waals surface area contributed by atoms with Crippen LogP contribution < -0.4 is 0 Å². The largest absolute Gasteiger partial charge is 2.00 e. The van der Waals surface area contributed by atoms with Crippen LogP contribution in [-0.4, -0.2) is 0 Å². The van der Waals surface area contributed by atoms with Gasteiger partial charge in [-0.25, -0.2) is 12.8 Å². The molecular formula is C4H8Mo. The Labute approximate surface area is 48.2 Å². The summed E-state index contributed by atoms with van der Waals surface area (Å²) in [7, 11) is 0. The van der Waals surface area contributed by atoms with Crippen molar-refractivity contribution in [2.75, 3.05) is 0 Å². The molecule has 0 aliphatic rings. The van der Waals surface area contributed by atoms with Crippen molar-refractivity contribution in [3.63, 3.8) is 0 Å². The molecule has 0 saturated carbocycles. The minimum absolute atomic E-state index is 0. The zero-order chi connectivity index (χ0) is 3.41. The van der Waals surface area contributed by atoms with E-state index in [2.05, 4.69) is 13.8 Å². The molecular weight excluding hydrogens is 144 g/mol. The summed E-state index contributed by atoms with van der Waals surface area (Å²) in [6.45, 7) is 7.08. The molecule has 0 spiro atoms. The van der Waals surface area contributed by atoms with E-state index in [1.54, 1.807) is 0 Å². The van der Waals surface area contributed by atoms with Crippen LogP contribution in [0.5, 0.6) is 0 Å². The van der Waals surface area contributed by atoms with E-state index >= 15 is 0 Å². The molecule has 0 N–H and O–H groups in total. The van der Waals surface area contributed by atoms with Gasteiger partial charge in [-0.05, 0) is 0 Å². The standard InChI is InChI=1S/C4H8.Mo/c1-3-4-2;/h1-4H2;/q-2;+2. The van der Waals surface area contributed by atoms with Crippen molar-refractivity contribution in [3.05, 3.63) is 13.8 Å². The Hall–Kier alpha value is 0.688. The summed E-state index contributed by atoms with van der Waals surface area (Å²) in [6.07, 6.45) is 1.92. The topological polar surface area (TPSA) is 0 Å². The Balaban J connectivity index is 0. The van der Waals surface area contributed by atoms with Crippen LogP contribution in [0.2, 0.25) is 0 Å². The van der Waals surface area contributed by atoms with Gasteiger partial charge in [0.2, 0.25) is 0 Å². The van der Waals surface area contributed by atoms with Gasteiger partial charge in [0.15, 0.2) is 0 Å². The maximum absolute atomic E-state index is 3.54. The predicted octanol–water partition coefficient (Wildman–Crippen LogP) is 1.43. The molecule has 0 aromatic rings. The summed E-state index contributed by atoms with van der Waals surface area (Å²) in [6, 6.07) is 0. The van der Waals surface area contributed by atoms with Crippen molar-refractivity contribution < 1.29 is 21.1 Å². The molecule has 0 rings (SSSR count). The first-order valence-corrected chi connectivity index (χ1v) is 1.50. The van der Waals surface area contributed by atoms with E-state index in [1.807, 2.05) is 0 Å². The Kier molecular flexibility index (Phi) is 16.2. The van der Waals surface area contributed by atoms with Gasteiger partial charge in [-0.3, -0.25) is 0 Å². The maximum atomic E-state index is 3.54. The van der Waals surface area contributed by atoms with E-state index in [-0.39, 0.29) is 21.1 Å². The molecule has 0 radical (unpaired) electrons. The van der Waals surface area contributed by atoms with Crippen LogP contribution in [-0.2, 0) is 21.1 Å². The van der Waals surface area contributed by atoms with Crippen LogP contribution in [0.3, 0.4) is 0 Å². The second-order valence-corrected chi connectivity index (χ2v) is 0.707. The van der Waals surface area contributed by atoms with Gasteiger partial charge in [0, 0.05) is 0 Å². The molecule has 0 heterocycles. The fraction of sp³-hybridized carbons (Fsp3) is 0.500. The molecule has 0 fully saturated rings. The zero-order valence-electron chi connectivity index (χ0n) is 3.24. The van der Waals surface area contributed by atoms with Gasteiger partial charge in [0.1, 0.15) is 0 Å². The van der Waals surface area contributed by atoms with Crippen LogP contribution >= 0.6 is 0 Å². The maximum Gasteiger partial charge on any atom is 2.00 e. The first kappa shape index (κ1) is 9.19. The van der Waals surface area contributed by atoms with Gasteiger partial charge >= 0.3 is 21.1 Å². The Morgan fingerprint density at radius 1 is 1.00 bits per heavy atom. The first-order valence-electron chi connectivity index (χ1n) is 1.50. The molecule has 0 saturated heterocycles. The average molecular weight is 152 g/mol.